The van der Waals surface area contributed by atoms with Gasteiger partial charge in [0.15, 0.2) is 0 Å². The molecule has 0 heterocycles. The largest absolute Gasteiger partial charge is 0.478 e. The van der Waals surface area contributed by atoms with Gasteiger partial charge in [-0.3, -0.25) is 19.2 Å². The molecule has 8 heteroatoms. The first kappa shape index (κ1) is 20.5. The molecule has 0 aromatic rings. The molecule has 0 bridgehead atoms. The molecule has 23 heavy (non-hydrogen) atoms. The van der Waals surface area contributed by atoms with E-state index in [4.69, 9.17) is 5.11 Å². The van der Waals surface area contributed by atoms with Crippen molar-refractivity contribution in [3.63, 3.8) is 0 Å². The van der Waals surface area contributed by atoms with Crippen molar-refractivity contribution >= 4 is 29.4 Å². The summed E-state index contributed by atoms with van der Waals surface area (Å²) in [7, 11) is 0. The normalized spacial score (nSPS) is 12.2. The lowest BCUT2D eigenvalue weighted by molar-refractivity contribution is -0.133. The lowest BCUT2D eigenvalue weighted by atomic mass is 10.1. The van der Waals surface area contributed by atoms with Crippen LogP contribution in [-0.2, 0) is 24.0 Å². The van der Waals surface area contributed by atoms with E-state index in [0.717, 1.165) is 0 Å². The van der Waals surface area contributed by atoms with E-state index in [1.54, 1.807) is 0 Å². The maximum atomic E-state index is 11.6. The molecule has 0 aliphatic heterocycles. The predicted molar refractivity (Wildman–Crippen MR) is 81.5 cm³/mol. The van der Waals surface area contributed by atoms with Crippen molar-refractivity contribution in [2.75, 3.05) is 6.54 Å². The number of nitrogens with one attached hydrogen (secondary N) is 2. The van der Waals surface area contributed by atoms with Crippen LogP contribution in [0.15, 0.2) is 11.6 Å². The Bertz CT molecular complexity index is 524. The van der Waals surface area contributed by atoms with Gasteiger partial charge in [0.2, 0.25) is 11.8 Å². The number of carbonyl (C=O) groups is 5. The smallest absolute Gasteiger partial charge is 0.330 e. The summed E-state index contributed by atoms with van der Waals surface area (Å²) in [4.78, 5) is 55.6. The molecular weight excluding hydrogens is 304 g/mol. The van der Waals surface area contributed by atoms with Gasteiger partial charge in [0.25, 0.3) is 0 Å². The molecule has 0 rings (SSSR count). The van der Waals surface area contributed by atoms with Crippen molar-refractivity contribution in [2.45, 2.75) is 46.1 Å². The molecule has 0 aliphatic carbocycles. The third-order valence-electron chi connectivity index (χ3n) is 2.78. The van der Waals surface area contributed by atoms with Crippen molar-refractivity contribution in [1.29, 1.82) is 0 Å². The molecule has 0 saturated carbocycles. The van der Waals surface area contributed by atoms with Crippen LogP contribution in [0.3, 0.4) is 0 Å². The Morgan fingerprint density at radius 1 is 0.957 bits per heavy atom. The first-order chi connectivity index (χ1) is 10.6. The molecule has 1 atom stereocenters. The number of ketones is 2. The first-order valence-corrected chi connectivity index (χ1v) is 7.06. The van der Waals surface area contributed by atoms with Crippen molar-refractivity contribution in [1.82, 2.24) is 10.6 Å². The number of carboxylic acids is 1. The number of hydrogen-bond acceptors (Lipinski definition) is 5. The molecule has 3 N–H and O–H groups in total. The number of carboxylic acid groups (broad SMARTS) is 1. The van der Waals surface area contributed by atoms with E-state index in [2.05, 4.69) is 10.6 Å². The average molecular weight is 326 g/mol. The molecule has 2 amide bonds. The van der Waals surface area contributed by atoms with Gasteiger partial charge in [-0.25, -0.2) is 4.79 Å². The average Bonchev–Trinajstić information content (AvgIpc) is 2.39. The number of Topliss-reactive ketones (excluding diaryl/α,β-unsaturated/α-hetero) is 2. The van der Waals surface area contributed by atoms with E-state index in [0.29, 0.717) is 0 Å². The van der Waals surface area contributed by atoms with Crippen LogP contribution in [0.25, 0.3) is 0 Å². The molecule has 0 aromatic heterocycles. The fourth-order valence-electron chi connectivity index (χ4n) is 1.63. The lowest BCUT2D eigenvalue weighted by Gasteiger charge is -2.18. The number of aliphatic carboxylic acids is 1. The zero-order valence-electron chi connectivity index (χ0n) is 13.5. The highest BCUT2D eigenvalue weighted by molar-refractivity contribution is 5.97. The molecule has 0 aromatic carbocycles. The lowest BCUT2D eigenvalue weighted by Crippen LogP contribution is -2.44. The van der Waals surface area contributed by atoms with E-state index in [9.17, 15) is 24.0 Å². The van der Waals surface area contributed by atoms with Gasteiger partial charge in [0.05, 0.1) is 12.8 Å². The van der Waals surface area contributed by atoms with Crippen LogP contribution in [0.2, 0.25) is 0 Å². The zero-order chi connectivity index (χ0) is 18.0. The third kappa shape index (κ3) is 10.8. The van der Waals surface area contributed by atoms with Crippen molar-refractivity contribution in [3.05, 3.63) is 11.6 Å². The van der Waals surface area contributed by atoms with Crippen LogP contribution in [0.4, 0.5) is 0 Å². The third-order valence-corrected chi connectivity index (χ3v) is 2.78. The van der Waals surface area contributed by atoms with Crippen LogP contribution in [-0.4, -0.2) is 47.0 Å². The number of rotatable bonds is 10. The molecule has 1 unspecified atom stereocenters. The minimum absolute atomic E-state index is 0.0269. The zero-order valence-corrected chi connectivity index (χ0v) is 13.5. The second kappa shape index (κ2) is 10.3. The van der Waals surface area contributed by atoms with Crippen molar-refractivity contribution in [2.24, 2.45) is 0 Å². The molecule has 0 aliphatic rings. The fourth-order valence-corrected chi connectivity index (χ4v) is 1.63. The first-order valence-electron chi connectivity index (χ1n) is 7.06. The highest BCUT2D eigenvalue weighted by Gasteiger charge is 2.15. The summed E-state index contributed by atoms with van der Waals surface area (Å²) >= 11 is 0. The van der Waals surface area contributed by atoms with Crippen LogP contribution < -0.4 is 10.6 Å². The quantitative estimate of drug-likeness (QED) is 0.382. The van der Waals surface area contributed by atoms with Gasteiger partial charge in [0.1, 0.15) is 11.6 Å². The van der Waals surface area contributed by atoms with Gasteiger partial charge in [-0.2, -0.15) is 0 Å². The van der Waals surface area contributed by atoms with Crippen LogP contribution in [0, 0.1) is 0 Å². The minimum atomic E-state index is -1.08. The predicted octanol–water partition coefficient (Wildman–Crippen LogP) is -0.0334. The van der Waals surface area contributed by atoms with Crippen molar-refractivity contribution < 1.29 is 29.1 Å². The summed E-state index contributed by atoms with van der Waals surface area (Å²) in [5.74, 6) is -2.67. The highest BCUT2D eigenvalue weighted by atomic mass is 16.4. The summed E-state index contributed by atoms with van der Waals surface area (Å²) in [6, 6.07) is -0.577. The molecule has 0 fully saturated rings. The molecule has 128 valence electrons. The number of amides is 2. The Labute approximate surface area is 134 Å². The topological polar surface area (TPSA) is 130 Å². The van der Waals surface area contributed by atoms with Gasteiger partial charge < -0.3 is 15.7 Å². The second-order valence-corrected chi connectivity index (χ2v) is 5.25. The Kier molecular flexibility index (Phi) is 9.14. The standard InChI is InChI=1S/C15H22N2O6/c1-9(15(22)23)4-5-12(17-14(21)7-11(3)19)8-16-13(20)6-10(2)18/h4,12H,5-8H2,1-3H3,(H,16,20)(H,17,21)(H,22,23). The number of hydrogen-bond donors (Lipinski definition) is 3. The molecule has 8 nitrogen and oxygen atoms in total. The summed E-state index contributed by atoms with van der Waals surface area (Å²) < 4.78 is 0. The van der Waals surface area contributed by atoms with Crippen LogP contribution in [0.1, 0.15) is 40.0 Å². The highest BCUT2D eigenvalue weighted by Crippen LogP contribution is 2.01. The summed E-state index contributed by atoms with van der Waals surface area (Å²) in [5, 5.41) is 13.8. The fraction of sp³-hybridized carbons (Fsp3) is 0.533. The number of carbonyl (C=O) groups excluding carboxylic acids is 4. The van der Waals surface area contributed by atoms with Crippen LogP contribution >= 0.6 is 0 Å². The SMILES string of the molecule is CC(=O)CC(=O)NCC(CC=C(C)C(=O)O)NC(=O)CC(C)=O. The monoisotopic (exact) mass is 326 g/mol. The van der Waals surface area contributed by atoms with E-state index in [-0.39, 0.29) is 42.9 Å². The molecular formula is C15H22N2O6. The van der Waals surface area contributed by atoms with E-state index in [1.165, 1.54) is 26.8 Å². The Hall–Kier alpha value is -2.51. The summed E-state index contributed by atoms with van der Waals surface area (Å²) in [6.07, 6.45) is 1.03. The van der Waals surface area contributed by atoms with Gasteiger partial charge in [-0.05, 0) is 27.2 Å². The van der Waals surface area contributed by atoms with Gasteiger partial charge in [0, 0.05) is 18.2 Å². The Morgan fingerprint density at radius 3 is 1.96 bits per heavy atom. The Balaban J connectivity index is 4.72. The molecule has 0 saturated heterocycles. The van der Waals surface area contributed by atoms with Gasteiger partial charge >= 0.3 is 5.97 Å². The summed E-state index contributed by atoms with van der Waals surface area (Å²) in [6.45, 7) is 3.99. The molecule has 0 spiro atoms. The second-order valence-electron chi connectivity index (χ2n) is 5.25. The maximum absolute atomic E-state index is 11.6. The minimum Gasteiger partial charge on any atom is -0.478 e. The maximum Gasteiger partial charge on any atom is 0.330 e. The van der Waals surface area contributed by atoms with Gasteiger partial charge in [-0.15, -0.1) is 0 Å². The molecule has 0 radical (unpaired) electrons. The van der Waals surface area contributed by atoms with E-state index < -0.39 is 23.8 Å². The van der Waals surface area contributed by atoms with E-state index in [1.807, 2.05) is 0 Å². The van der Waals surface area contributed by atoms with Gasteiger partial charge in [-0.1, -0.05) is 6.08 Å². The Morgan fingerprint density at radius 2 is 1.48 bits per heavy atom. The van der Waals surface area contributed by atoms with Crippen LogP contribution in [0.5, 0.6) is 0 Å². The van der Waals surface area contributed by atoms with E-state index >= 15 is 0 Å². The van der Waals surface area contributed by atoms with Crippen molar-refractivity contribution in [3.8, 4) is 0 Å². The summed E-state index contributed by atoms with van der Waals surface area (Å²) in [5.41, 5.74) is 0.103.